The third-order valence-electron chi connectivity index (χ3n) is 2.73. The second-order valence-electron chi connectivity index (χ2n) is 4.40. The molecule has 8 heteroatoms. The van der Waals surface area contributed by atoms with Crippen LogP contribution in [-0.4, -0.2) is 25.8 Å². The van der Waals surface area contributed by atoms with Crippen molar-refractivity contribution in [3.05, 3.63) is 41.3 Å². The molecule has 0 aliphatic heterocycles. The number of pyridine rings is 1. The zero-order valence-electron chi connectivity index (χ0n) is 11.1. The summed E-state index contributed by atoms with van der Waals surface area (Å²) in [5.74, 6) is -1.12. The van der Waals surface area contributed by atoms with E-state index in [4.69, 9.17) is 5.11 Å². The number of carboxylic acid groups (broad SMARTS) is 1. The van der Waals surface area contributed by atoms with Gasteiger partial charge in [-0.25, -0.2) is 14.5 Å². The van der Waals surface area contributed by atoms with Crippen LogP contribution < -0.4 is 0 Å². The Labute approximate surface area is 118 Å². The van der Waals surface area contributed by atoms with Crippen molar-refractivity contribution in [2.75, 3.05) is 0 Å². The molecule has 0 spiro atoms. The van der Waals surface area contributed by atoms with Crippen molar-refractivity contribution in [3.63, 3.8) is 0 Å². The molecule has 0 radical (unpaired) electrons. The highest BCUT2D eigenvalue weighted by Gasteiger charge is 2.33. The van der Waals surface area contributed by atoms with E-state index < -0.39 is 17.8 Å². The Morgan fingerprint density at radius 3 is 2.62 bits per heavy atom. The monoisotopic (exact) mass is 299 g/mol. The molecule has 2 aromatic rings. The minimum atomic E-state index is -4.55. The smallest absolute Gasteiger partial charge is 0.435 e. The molecule has 0 aliphatic carbocycles. The lowest BCUT2D eigenvalue weighted by atomic mass is 10.1. The van der Waals surface area contributed by atoms with Gasteiger partial charge in [-0.2, -0.15) is 18.3 Å². The van der Waals surface area contributed by atoms with Gasteiger partial charge in [0.1, 0.15) is 0 Å². The first-order valence-corrected chi connectivity index (χ1v) is 6.18. The van der Waals surface area contributed by atoms with E-state index in [0.717, 1.165) is 23.4 Å². The summed E-state index contributed by atoms with van der Waals surface area (Å²) in [5, 5.41) is 12.4. The Hall–Kier alpha value is -2.38. The topological polar surface area (TPSA) is 68.0 Å². The molecule has 0 bridgehead atoms. The van der Waals surface area contributed by atoms with Crippen molar-refractivity contribution in [1.29, 1.82) is 0 Å². The van der Waals surface area contributed by atoms with Gasteiger partial charge < -0.3 is 5.11 Å². The number of hydrogen-bond donors (Lipinski definition) is 1. The lowest BCUT2D eigenvalue weighted by Crippen LogP contribution is -2.09. The van der Waals surface area contributed by atoms with Crippen LogP contribution in [0.1, 0.15) is 35.1 Å². The molecule has 0 unspecified atom stereocenters. The SMILES string of the molecule is CCCc1cc(C(=O)O)cc(-n2ccc(C(F)(F)F)n2)n1. The van der Waals surface area contributed by atoms with E-state index in [1.807, 2.05) is 6.92 Å². The summed E-state index contributed by atoms with van der Waals surface area (Å²) in [6.45, 7) is 1.89. The number of carbonyl (C=O) groups is 1. The average molecular weight is 299 g/mol. The first-order valence-electron chi connectivity index (χ1n) is 6.18. The Kier molecular flexibility index (Phi) is 3.97. The molecule has 2 heterocycles. The summed E-state index contributed by atoms with van der Waals surface area (Å²) in [5.41, 5.74) is -0.592. The van der Waals surface area contributed by atoms with Crippen molar-refractivity contribution in [3.8, 4) is 5.82 Å². The molecule has 0 amide bonds. The largest absolute Gasteiger partial charge is 0.478 e. The zero-order valence-corrected chi connectivity index (χ0v) is 11.1. The van der Waals surface area contributed by atoms with Gasteiger partial charge in [-0.3, -0.25) is 0 Å². The van der Waals surface area contributed by atoms with Crippen molar-refractivity contribution in [1.82, 2.24) is 14.8 Å². The molecule has 0 saturated heterocycles. The Bertz CT molecular complexity index is 665. The lowest BCUT2D eigenvalue weighted by molar-refractivity contribution is -0.141. The normalized spacial score (nSPS) is 11.6. The fourth-order valence-corrected chi connectivity index (χ4v) is 1.80. The lowest BCUT2D eigenvalue weighted by Gasteiger charge is -2.06. The molecular weight excluding hydrogens is 287 g/mol. The van der Waals surface area contributed by atoms with E-state index in [2.05, 4.69) is 10.1 Å². The summed E-state index contributed by atoms with van der Waals surface area (Å²) in [7, 11) is 0. The van der Waals surface area contributed by atoms with Gasteiger partial charge in [0, 0.05) is 11.9 Å². The number of halogens is 3. The Balaban J connectivity index is 2.47. The molecule has 112 valence electrons. The molecule has 2 rings (SSSR count). The van der Waals surface area contributed by atoms with Crippen molar-refractivity contribution in [2.45, 2.75) is 25.9 Å². The highest BCUT2D eigenvalue weighted by Crippen LogP contribution is 2.27. The second kappa shape index (κ2) is 5.55. The summed E-state index contributed by atoms with van der Waals surface area (Å²) in [6, 6.07) is 3.41. The van der Waals surface area contributed by atoms with Gasteiger partial charge in [-0.15, -0.1) is 0 Å². The van der Waals surface area contributed by atoms with Crippen LogP contribution in [-0.2, 0) is 12.6 Å². The van der Waals surface area contributed by atoms with Gasteiger partial charge in [-0.1, -0.05) is 13.3 Å². The van der Waals surface area contributed by atoms with Crippen LogP contribution in [0.15, 0.2) is 24.4 Å². The number of nitrogens with zero attached hydrogens (tertiary/aromatic N) is 3. The van der Waals surface area contributed by atoms with E-state index in [9.17, 15) is 18.0 Å². The molecule has 0 atom stereocenters. The van der Waals surface area contributed by atoms with Gasteiger partial charge in [-0.05, 0) is 24.6 Å². The highest BCUT2D eigenvalue weighted by molar-refractivity contribution is 5.88. The van der Waals surface area contributed by atoms with Crippen LogP contribution in [0.3, 0.4) is 0 Å². The average Bonchev–Trinajstić information content (AvgIpc) is 2.88. The number of hydrogen-bond acceptors (Lipinski definition) is 3. The van der Waals surface area contributed by atoms with Gasteiger partial charge in [0.05, 0.1) is 5.56 Å². The van der Waals surface area contributed by atoms with Crippen LogP contribution in [0.25, 0.3) is 5.82 Å². The number of aryl methyl sites for hydroxylation is 1. The summed E-state index contributed by atoms with van der Waals surface area (Å²) in [4.78, 5) is 15.2. The van der Waals surface area contributed by atoms with E-state index in [0.29, 0.717) is 12.1 Å². The van der Waals surface area contributed by atoms with Gasteiger partial charge in [0.2, 0.25) is 0 Å². The van der Waals surface area contributed by atoms with Gasteiger partial charge in [0.25, 0.3) is 0 Å². The Morgan fingerprint density at radius 2 is 2.10 bits per heavy atom. The van der Waals surface area contributed by atoms with Crippen LogP contribution in [0.5, 0.6) is 0 Å². The molecule has 0 aromatic carbocycles. The van der Waals surface area contributed by atoms with E-state index in [1.165, 1.54) is 12.1 Å². The van der Waals surface area contributed by atoms with Crippen LogP contribution >= 0.6 is 0 Å². The molecule has 0 saturated carbocycles. The van der Waals surface area contributed by atoms with Crippen LogP contribution in [0, 0.1) is 0 Å². The number of aromatic nitrogens is 3. The maximum atomic E-state index is 12.5. The maximum Gasteiger partial charge on any atom is 0.435 e. The first kappa shape index (κ1) is 15.0. The van der Waals surface area contributed by atoms with Gasteiger partial charge in [0.15, 0.2) is 11.5 Å². The molecule has 1 N–H and O–H groups in total. The number of rotatable bonds is 4. The number of alkyl halides is 3. The summed E-state index contributed by atoms with van der Waals surface area (Å²) < 4.78 is 38.5. The minimum absolute atomic E-state index is 0.0347. The predicted molar refractivity (Wildman–Crippen MR) is 67.3 cm³/mol. The van der Waals surface area contributed by atoms with E-state index in [-0.39, 0.29) is 11.4 Å². The predicted octanol–water partition coefficient (Wildman–Crippen LogP) is 2.94. The van der Waals surface area contributed by atoms with Crippen molar-refractivity contribution in [2.24, 2.45) is 0 Å². The number of carboxylic acids is 1. The van der Waals surface area contributed by atoms with Crippen molar-refractivity contribution >= 4 is 5.97 Å². The number of aromatic carboxylic acids is 1. The van der Waals surface area contributed by atoms with Crippen LogP contribution in [0.4, 0.5) is 13.2 Å². The molecule has 21 heavy (non-hydrogen) atoms. The zero-order chi connectivity index (χ0) is 15.6. The molecule has 0 fully saturated rings. The third-order valence-corrected chi connectivity index (χ3v) is 2.73. The summed E-state index contributed by atoms with van der Waals surface area (Å²) >= 11 is 0. The van der Waals surface area contributed by atoms with E-state index >= 15 is 0 Å². The maximum absolute atomic E-state index is 12.5. The third kappa shape index (κ3) is 3.39. The molecule has 5 nitrogen and oxygen atoms in total. The molecule has 0 aliphatic rings. The van der Waals surface area contributed by atoms with Crippen LogP contribution in [0.2, 0.25) is 0 Å². The first-order chi connectivity index (χ1) is 9.81. The highest BCUT2D eigenvalue weighted by atomic mass is 19.4. The minimum Gasteiger partial charge on any atom is -0.478 e. The summed E-state index contributed by atoms with van der Waals surface area (Å²) in [6.07, 6.45) is -2.18. The Morgan fingerprint density at radius 1 is 1.38 bits per heavy atom. The van der Waals surface area contributed by atoms with E-state index in [1.54, 1.807) is 0 Å². The fraction of sp³-hybridized carbons (Fsp3) is 0.308. The fourth-order valence-electron chi connectivity index (χ4n) is 1.80. The quantitative estimate of drug-likeness (QED) is 0.942. The molecular formula is C13H12F3N3O2. The molecule has 2 aromatic heterocycles. The van der Waals surface area contributed by atoms with Gasteiger partial charge >= 0.3 is 12.1 Å². The second-order valence-corrected chi connectivity index (χ2v) is 4.40. The standard InChI is InChI=1S/C13H12F3N3O2/c1-2-3-9-6-8(12(20)21)7-11(17-9)19-5-4-10(18-19)13(14,15)16/h4-7H,2-3H2,1H3,(H,20,21). The van der Waals surface area contributed by atoms with Crippen molar-refractivity contribution < 1.29 is 23.1 Å².